The van der Waals surface area contributed by atoms with E-state index in [1.807, 2.05) is 52.0 Å². The van der Waals surface area contributed by atoms with Gasteiger partial charge in [-0.3, -0.25) is 0 Å². The van der Waals surface area contributed by atoms with E-state index in [4.69, 9.17) is 4.74 Å². The zero-order valence-electron chi connectivity index (χ0n) is 12.8. The largest absolute Gasteiger partial charge is 0.488 e. The molecule has 1 aromatic carbocycles. The van der Waals surface area contributed by atoms with E-state index in [2.05, 4.69) is 4.72 Å². The molecule has 1 rings (SSSR count). The fourth-order valence-electron chi connectivity index (χ4n) is 1.63. The van der Waals surface area contributed by atoms with Crippen LogP contribution in [0, 0.1) is 0 Å². The summed E-state index contributed by atoms with van der Waals surface area (Å²) in [5.41, 5.74) is 0.690. The van der Waals surface area contributed by atoms with Crippen LogP contribution in [0.15, 0.2) is 24.3 Å². The average Bonchev–Trinajstić information content (AvgIpc) is 2.34. The maximum Gasteiger partial charge on any atom is 0.211 e. The lowest BCUT2D eigenvalue weighted by atomic mass is 10.2. The molecule has 20 heavy (non-hydrogen) atoms. The second kappa shape index (κ2) is 7.09. The molecule has 0 aliphatic rings. The van der Waals surface area contributed by atoms with Crippen LogP contribution in [0.3, 0.4) is 0 Å². The van der Waals surface area contributed by atoms with Crippen molar-refractivity contribution in [3.05, 3.63) is 29.8 Å². The lowest BCUT2D eigenvalue weighted by Gasteiger charge is -2.21. The van der Waals surface area contributed by atoms with E-state index in [1.54, 1.807) is 0 Å². The number of sulfonamides is 1. The Balaban J connectivity index is 2.54. The van der Waals surface area contributed by atoms with Crippen molar-refractivity contribution in [3.63, 3.8) is 0 Å². The van der Waals surface area contributed by atoms with Gasteiger partial charge in [0.25, 0.3) is 0 Å². The van der Waals surface area contributed by atoms with Crippen molar-refractivity contribution in [3.8, 4) is 5.75 Å². The zero-order valence-corrected chi connectivity index (χ0v) is 13.6. The van der Waals surface area contributed by atoms with E-state index in [9.17, 15) is 8.42 Å². The average molecular weight is 299 g/mol. The van der Waals surface area contributed by atoms with Gasteiger partial charge in [-0.15, -0.1) is 0 Å². The van der Waals surface area contributed by atoms with Gasteiger partial charge in [-0.1, -0.05) is 25.5 Å². The second-order valence-corrected chi connectivity index (χ2v) is 7.78. The van der Waals surface area contributed by atoms with Crippen molar-refractivity contribution in [1.29, 1.82) is 0 Å². The Kier molecular flexibility index (Phi) is 6.02. The number of benzene rings is 1. The van der Waals surface area contributed by atoms with E-state index in [0.29, 0.717) is 13.0 Å². The number of hydrogen-bond acceptors (Lipinski definition) is 3. The molecule has 0 saturated heterocycles. The second-order valence-electron chi connectivity index (χ2n) is 5.85. The molecule has 0 fully saturated rings. The molecule has 114 valence electrons. The van der Waals surface area contributed by atoms with Crippen LogP contribution in [0.25, 0.3) is 0 Å². The van der Waals surface area contributed by atoms with Gasteiger partial charge in [-0.2, -0.15) is 0 Å². The smallest absolute Gasteiger partial charge is 0.211 e. The molecule has 1 N–H and O–H groups in total. The highest BCUT2D eigenvalue weighted by Crippen LogP contribution is 2.18. The summed E-state index contributed by atoms with van der Waals surface area (Å²) in [5.74, 6) is 0.976. The summed E-state index contributed by atoms with van der Waals surface area (Å²) < 4.78 is 31.7. The van der Waals surface area contributed by atoms with E-state index >= 15 is 0 Å². The molecular formula is C15H25NO3S. The highest BCUT2D eigenvalue weighted by atomic mass is 32.2. The normalized spacial score (nSPS) is 12.4. The molecular weight excluding hydrogens is 274 g/mol. The Bertz CT molecular complexity index is 501. The Labute approximate surface area is 122 Å². The highest BCUT2D eigenvalue weighted by molar-refractivity contribution is 7.89. The lowest BCUT2D eigenvalue weighted by Crippen LogP contribution is -2.26. The predicted molar refractivity (Wildman–Crippen MR) is 82.4 cm³/mol. The maximum atomic E-state index is 11.7. The van der Waals surface area contributed by atoms with Gasteiger partial charge in [0.1, 0.15) is 11.4 Å². The Morgan fingerprint density at radius 3 is 2.25 bits per heavy atom. The van der Waals surface area contributed by atoms with Gasteiger partial charge in [0.2, 0.25) is 10.0 Å². The molecule has 0 atom stereocenters. The van der Waals surface area contributed by atoms with Gasteiger partial charge < -0.3 is 4.74 Å². The lowest BCUT2D eigenvalue weighted by molar-refractivity contribution is 0.131. The third-order valence-electron chi connectivity index (χ3n) is 2.61. The molecule has 5 heteroatoms. The van der Waals surface area contributed by atoms with Crippen LogP contribution in [-0.4, -0.2) is 19.8 Å². The molecule has 0 radical (unpaired) electrons. The van der Waals surface area contributed by atoms with E-state index < -0.39 is 10.0 Å². The molecule has 0 saturated carbocycles. The summed E-state index contributed by atoms with van der Waals surface area (Å²) in [7, 11) is -3.16. The topological polar surface area (TPSA) is 55.4 Å². The van der Waals surface area contributed by atoms with Crippen molar-refractivity contribution in [1.82, 2.24) is 4.72 Å². The van der Waals surface area contributed by atoms with Gasteiger partial charge in [0.15, 0.2) is 0 Å². The molecule has 0 spiro atoms. The summed E-state index contributed by atoms with van der Waals surface area (Å²) in [6.45, 7) is 8.26. The first-order valence-electron chi connectivity index (χ1n) is 6.97. The standard InChI is InChI=1S/C15H25NO3S/c1-5-6-11-20(17,18)16-12-13-7-9-14(10-8-13)19-15(2,3)4/h7-10,16H,5-6,11-12H2,1-4H3. The predicted octanol–water partition coefficient (Wildman–Crippen LogP) is 3.08. The quantitative estimate of drug-likeness (QED) is 0.841. The number of rotatable bonds is 7. The zero-order chi connectivity index (χ0) is 15.2. The Morgan fingerprint density at radius 1 is 1.15 bits per heavy atom. The Hall–Kier alpha value is -1.07. The van der Waals surface area contributed by atoms with Crippen LogP contribution in [0.2, 0.25) is 0 Å². The summed E-state index contributed by atoms with van der Waals surface area (Å²) in [6.07, 6.45) is 1.56. The minimum Gasteiger partial charge on any atom is -0.488 e. The van der Waals surface area contributed by atoms with Crippen LogP contribution in [0.1, 0.15) is 46.1 Å². The van der Waals surface area contributed by atoms with Gasteiger partial charge in [-0.25, -0.2) is 13.1 Å². The van der Waals surface area contributed by atoms with E-state index in [-0.39, 0.29) is 11.4 Å². The third kappa shape index (κ3) is 6.91. The fourth-order valence-corrected chi connectivity index (χ4v) is 2.83. The highest BCUT2D eigenvalue weighted by Gasteiger charge is 2.12. The van der Waals surface area contributed by atoms with Gasteiger partial charge in [0, 0.05) is 6.54 Å². The molecule has 1 aromatic rings. The minimum atomic E-state index is -3.16. The molecule has 4 nitrogen and oxygen atoms in total. The third-order valence-corrected chi connectivity index (χ3v) is 4.02. The molecule has 0 aromatic heterocycles. The molecule has 0 heterocycles. The molecule has 0 amide bonds. The fraction of sp³-hybridized carbons (Fsp3) is 0.600. The summed E-state index contributed by atoms with van der Waals surface area (Å²) in [5, 5.41) is 0. The number of unbranched alkanes of at least 4 members (excludes halogenated alkanes) is 1. The van der Waals surface area contributed by atoms with Gasteiger partial charge in [0.05, 0.1) is 5.75 Å². The molecule has 0 bridgehead atoms. The van der Waals surface area contributed by atoms with Crippen molar-refractivity contribution < 1.29 is 13.2 Å². The van der Waals surface area contributed by atoms with Gasteiger partial charge in [-0.05, 0) is 44.9 Å². The summed E-state index contributed by atoms with van der Waals surface area (Å²) in [4.78, 5) is 0. The maximum absolute atomic E-state index is 11.7. The van der Waals surface area contributed by atoms with Crippen molar-refractivity contribution in [2.45, 2.75) is 52.7 Å². The summed E-state index contributed by atoms with van der Waals surface area (Å²) >= 11 is 0. The van der Waals surface area contributed by atoms with Crippen LogP contribution in [-0.2, 0) is 16.6 Å². The van der Waals surface area contributed by atoms with Crippen LogP contribution in [0.4, 0.5) is 0 Å². The minimum absolute atomic E-state index is 0.189. The number of nitrogens with one attached hydrogen (secondary N) is 1. The number of ether oxygens (including phenoxy) is 1. The first-order valence-corrected chi connectivity index (χ1v) is 8.62. The van der Waals surface area contributed by atoms with Crippen molar-refractivity contribution in [2.24, 2.45) is 0 Å². The molecule has 0 aliphatic heterocycles. The van der Waals surface area contributed by atoms with E-state index in [1.165, 1.54) is 0 Å². The molecule has 0 aliphatic carbocycles. The van der Waals surface area contributed by atoms with Gasteiger partial charge >= 0.3 is 0 Å². The Morgan fingerprint density at radius 2 is 1.75 bits per heavy atom. The monoisotopic (exact) mass is 299 g/mol. The molecule has 0 unspecified atom stereocenters. The SMILES string of the molecule is CCCCS(=O)(=O)NCc1ccc(OC(C)(C)C)cc1. The first-order chi connectivity index (χ1) is 9.22. The van der Waals surface area contributed by atoms with Crippen LogP contribution < -0.4 is 9.46 Å². The number of hydrogen-bond donors (Lipinski definition) is 1. The van der Waals surface area contributed by atoms with E-state index in [0.717, 1.165) is 17.7 Å². The first kappa shape index (κ1) is 17.0. The summed E-state index contributed by atoms with van der Waals surface area (Å²) in [6, 6.07) is 7.48. The van der Waals surface area contributed by atoms with Crippen LogP contribution in [0.5, 0.6) is 5.75 Å². The van der Waals surface area contributed by atoms with Crippen molar-refractivity contribution in [2.75, 3.05) is 5.75 Å². The van der Waals surface area contributed by atoms with Crippen molar-refractivity contribution >= 4 is 10.0 Å². The van der Waals surface area contributed by atoms with Crippen LogP contribution >= 0.6 is 0 Å².